The molecule has 0 amide bonds. The van der Waals surface area contributed by atoms with Crippen LogP contribution in [-0.2, 0) is 11.3 Å². The topological polar surface area (TPSA) is 62.2 Å². The summed E-state index contributed by atoms with van der Waals surface area (Å²) in [5, 5.41) is 12.0. The minimum absolute atomic E-state index is 0.467. The minimum atomic E-state index is -0.789. The van der Waals surface area contributed by atoms with Crippen LogP contribution in [0, 0.1) is 6.92 Å². The van der Waals surface area contributed by atoms with Gasteiger partial charge in [0.1, 0.15) is 6.04 Å². The second kappa shape index (κ2) is 6.23. The molecule has 1 aromatic heterocycles. The maximum absolute atomic E-state index is 10.9. The van der Waals surface area contributed by atoms with Crippen LogP contribution in [0.5, 0.6) is 0 Å². The molecule has 1 unspecified atom stereocenters. The van der Waals surface area contributed by atoms with Crippen molar-refractivity contribution in [2.45, 2.75) is 39.3 Å². The zero-order chi connectivity index (χ0) is 12.0. The summed E-state index contributed by atoms with van der Waals surface area (Å²) >= 11 is 0. The van der Waals surface area contributed by atoms with Crippen molar-refractivity contribution in [2.75, 3.05) is 0 Å². The number of carboxylic acid groups (broad SMARTS) is 1. The molecule has 0 fully saturated rings. The van der Waals surface area contributed by atoms with Gasteiger partial charge < -0.3 is 10.4 Å². The van der Waals surface area contributed by atoms with Gasteiger partial charge in [0, 0.05) is 18.9 Å². The van der Waals surface area contributed by atoms with Crippen LogP contribution in [0.3, 0.4) is 0 Å². The smallest absolute Gasteiger partial charge is 0.320 e. The normalized spacial score (nSPS) is 12.4. The first kappa shape index (κ1) is 12.6. The lowest BCUT2D eigenvalue weighted by Gasteiger charge is -2.13. The molecule has 1 atom stereocenters. The Morgan fingerprint density at radius 1 is 1.56 bits per heavy atom. The molecule has 0 aliphatic rings. The third-order valence-electron chi connectivity index (χ3n) is 2.36. The number of hydrogen-bond acceptors (Lipinski definition) is 3. The first-order valence-corrected chi connectivity index (χ1v) is 5.50. The SMILES string of the molecule is CCCC(NCc1cncc(C)c1)C(=O)O. The molecule has 1 heterocycles. The van der Waals surface area contributed by atoms with E-state index in [1.807, 2.05) is 19.9 Å². The van der Waals surface area contributed by atoms with E-state index in [9.17, 15) is 4.79 Å². The zero-order valence-electron chi connectivity index (χ0n) is 9.73. The second-order valence-electron chi connectivity index (χ2n) is 3.93. The number of carboxylic acids is 1. The van der Waals surface area contributed by atoms with Gasteiger partial charge in [-0.15, -0.1) is 0 Å². The van der Waals surface area contributed by atoms with Crippen molar-refractivity contribution in [1.29, 1.82) is 0 Å². The Balaban J connectivity index is 2.51. The number of pyridine rings is 1. The quantitative estimate of drug-likeness (QED) is 0.769. The summed E-state index contributed by atoms with van der Waals surface area (Å²) in [5.74, 6) is -0.789. The molecule has 0 saturated heterocycles. The molecular weight excluding hydrogens is 204 g/mol. The molecule has 0 aliphatic carbocycles. The molecule has 0 radical (unpaired) electrons. The highest BCUT2D eigenvalue weighted by Crippen LogP contribution is 2.03. The van der Waals surface area contributed by atoms with Crippen LogP contribution in [0.1, 0.15) is 30.9 Å². The lowest BCUT2D eigenvalue weighted by Crippen LogP contribution is -2.36. The average molecular weight is 222 g/mol. The van der Waals surface area contributed by atoms with Crippen molar-refractivity contribution in [3.63, 3.8) is 0 Å². The van der Waals surface area contributed by atoms with Gasteiger partial charge in [-0.05, 0) is 24.5 Å². The number of aliphatic carboxylic acids is 1. The van der Waals surface area contributed by atoms with Crippen LogP contribution in [-0.4, -0.2) is 22.1 Å². The molecule has 0 bridgehead atoms. The fraction of sp³-hybridized carbons (Fsp3) is 0.500. The third-order valence-corrected chi connectivity index (χ3v) is 2.36. The summed E-state index contributed by atoms with van der Waals surface area (Å²) in [5.41, 5.74) is 2.10. The molecule has 0 aromatic carbocycles. The van der Waals surface area contributed by atoms with Gasteiger partial charge in [0.25, 0.3) is 0 Å². The minimum Gasteiger partial charge on any atom is -0.480 e. The van der Waals surface area contributed by atoms with Crippen molar-refractivity contribution < 1.29 is 9.90 Å². The van der Waals surface area contributed by atoms with Crippen molar-refractivity contribution >= 4 is 5.97 Å². The molecule has 16 heavy (non-hydrogen) atoms. The number of carbonyl (C=O) groups is 1. The van der Waals surface area contributed by atoms with E-state index in [0.717, 1.165) is 17.5 Å². The van der Waals surface area contributed by atoms with E-state index >= 15 is 0 Å². The Bertz CT molecular complexity index is 353. The fourth-order valence-corrected chi connectivity index (χ4v) is 1.56. The molecule has 0 spiro atoms. The summed E-state index contributed by atoms with van der Waals surface area (Å²) in [6.07, 6.45) is 5.04. The monoisotopic (exact) mass is 222 g/mol. The lowest BCUT2D eigenvalue weighted by atomic mass is 10.1. The van der Waals surface area contributed by atoms with Crippen molar-refractivity contribution in [3.05, 3.63) is 29.6 Å². The number of nitrogens with one attached hydrogen (secondary N) is 1. The molecule has 2 N–H and O–H groups in total. The molecule has 1 aromatic rings. The number of nitrogens with zero attached hydrogens (tertiary/aromatic N) is 1. The van der Waals surface area contributed by atoms with Gasteiger partial charge in [-0.25, -0.2) is 0 Å². The van der Waals surface area contributed by atoms with Crippen LogP contribution in [0.2, 0.25) is 0 Å². The van der Waals surface area contributed by atoms with Crippen LogP contribution in [0.4, 0.5) is 0 Å². The second-order valence-corrected chi connectivity index (χ2v) is 3.93. The fourth-order valence-electron chi connectivity index (χ4n) is 1.56. The van der Waals surface area contributed by atoms with Crippen molar-refractivity contribution in [3.8, 4) is 0 Å². The van der Waals surface area contributed by atoms with Gasteiger partial charge in [-0.2, -0.15) is 0 Å². The standard InChI is InChI=1S/C12H18N2O2/c1-3-4-11(12(15)16)14-8-10-5-9(2)6-13-7-10/h5-7,11,14H,3-4,8H2,1-2H3,(H,15,16). The number of hydrogen-bond donors (Lipinski definition) is 2. The summed E-state index contributed by atoms with van der Waals surface area (Å²) in [7, 11) is 0. The third kappa shape index (κ3) is 3.98. The number of aromatic nitrogens is 1. The lowest BCUT2D eigenvalue weighted by molar-refractivity contribution is -0.139. The molecule has 4 heteroatoms. The van der Waals surface area contributed by atoms with E-state index < -0.39 is 12.0 Å². The van der Waals surface area contributed by atoms with Crippen molar-refractivity contribution in [1.82, 2.24) is 10.3 Å². The number of rotatable bonds is 6. The molecule has 0 saturated carbocycles. The van der Waals surface area contributed by atoms with Gasteiger partial charge in [-0.1, -0.05) is 19.4 Å². The van der Waals surface area contributed by atoms with Crippen LogP contribution in [0.15, 0.2) is 18.5 Å². The van der Waals surface area contributed by atoms with Gasteiger partial charge in [-0.3, -0.25) is 9.78 Å². The molecule has 1 rings (SSSR count). The maximum atomic E-state index is 10.9. The van der Waals surface area contributed by atoms with Crippen LogP contribution >= 0.6 is 0 Å². The van der Waals surface area contributed by atoms with E-state index in [1.54, 1.807) is 12.4 Å². The van der Waals surface area contributed by atoms with E-state index in [2.05, 4.69) is 10.3 Å². The van der Waals surface area contributed by atoms with E-state index in [0.29, 0.717) is 13.0 Å². The van der Waals surface area contributed by atoms with Crippen LogP contribution < -0.4 is 5.32 Å². The van der Waals surface area contributed by atoms with Gasteiger partial charge >= 0.3 is 5.97 Å². The van der Waals surface area contributed by atoms with Crippen molar-refractivity contribution in [2.24, 2.45) is 0 Å². The van der Waals surface area contributed by atoms with Gasteiger partial charge in [0.15, 0.2) is 0 Å². The molecule has 4 nitrogen and oxygen atoms in total. The van der Waals surface area contributed by atoms with E-state index in [-0.39, 0.29) is 0 Å². The maximum Gasteiger partial charge on any atom is 0.320 e. The predicted molar refractivity (Wildman–Crippen MR) is 62.1 cm³/mol. The first-order chi connectivity index (χ1) is 7.63. The summed E-state index contributed by atoms with van der Waals surface area (Å²) < 4.78 is 0. The van der Waals surface area contributed by atoms with E-state index in [4.69, 9.17) is 5.11 Å². The Kier molecular flexibility index (Phi) is 4.92. The number of aryl methyl sites for hydroxylation is 1. The zero-order valence-corrected chi connectivity index (χ0v) is 9.73. The average Bonchev–Trinajstić information content (AvgIpc) is 2.24. The van der Waals surface area contributed by atoms with E-state index in [1.165, 1.54) is 0 Å². The Labute approximate surface area is 95.7 Å². The summed E-state index contributed by atoms with van der Waals surface area (Å²) in [6, 6.07) is 1.54. The Morgan fingerprint density at radius 3 is 2.88 bits per heavy atom. The molecular formula is C12H18N2O2. The van der Waals surface area contributed by atoms with Crippen LogP contribution in [0.25, 0.3) is 0 Å². The largest absolute Gasteiger partial charge is 0.480 e. The highest BCUT2D eigenvalue weighted by Gasteiger charge is 2.14. The molecule has 0 aliphatic heterocycles. The highest BCUT2D eigenvalue weighted by molar-refractivity contribution is 5.73. The Morgan fingerprint density at radius 2 is 2.31 bits per heavy atom. The van der Waals surface area contributed by atoms with Gasteiger partial charge in [0.2, 0.25) is 0 Å². The highest BCUT2D eigenvalue weighted by atomic mass is 16.4. The predicted octanol–water partition coefficient (Wildman–Crippen LogP) is 1.73. The molecule has 88 valence electrons. The Hall–Kier alpha value is -1.42. The summed E-state index contributed by atoms with van der Waals surface area (Å²) in [6.45, 7) is 4.49. The van der Waals surface area contributed by atoms with Gasteiger partial charge in [0.05, 0.1) is 0 Å². The summed E-state index contributed by atoms with van der Waals surface area (Å²) in [4.78, 5) is 15.0. The first-order valence-electron chi connectivity index (χ1n) is 5.50.